The normalized spacial score (nSPS) is 23.7. The van der Waals surface area contributed by atoms with Crippen LogP contribution in [0.2, 0.25) is 0 Å². The van der Waals surface area contributed by atoms with Gasteiger partial charge < -0.3 is 4.74 Å². The van der Waals surface area contributed by atoms with Gasteiger partial charge in [0.05, 0.1) is 6.10 Å². The van der Waals surface area contributed by atoms with Crippen molar-refractivity contribution in [2.45, 2.75) is 24.3 Å². The quantitative estimate of drug-likeness (QED) is 0.852. The van der Waals surface area contributed by atoms with Gasteiger partial charge in [-0.1, -0.05) is 13.0 Å². The number of hydrogen-bond acceptors (Lipinski definition) is 4. The largest absolute Gasteiger partial charge is 0.380 e. The van der Waals surface area contributed by atoms with E-state index in [0.717, 1.165) is 6.07 Å². The van der Waals surface area contributed by atoms with Crippen LogP contribution in [-0.4, -0.2) is 39.0 Å². The van der Waals surface area contributed by atoms with E-state index in [1.165, 1.54) is 16.4 Å². The molecular weight excluding hydrogens is 295 g/mol. The summed E-state index contributed by atoms with van der Waals surface area (Å²) in [4.78, 5) is -0.283. The second-order valence-corrected chi connectivity index (χ2v) is 7.03. The van der Waals surface area contributed by atoms with Gasteiger partial charge in [0.2, 0.25) is 10.0 Å². The van der Waals surface area contributed by atoms with Crippen molar-refractivity contribution in [3.8, 4) is 6.07 Å². The first-order valence-corrected chi connectivity index (χ1v) is 8.07. The van der Waals surface area contributed by atoms with E-state index >= 15 is 0 Å². The fraction of sp³-hybridized carbons (Fsp3) is 0.500. The molecule has 1 aromatic carbocycles. The van der Waals surface area contributed by atoms with Crippen LogP contribution < -0.4 is 0 Å². The summed E-state index contributed by atoms with van der Waals surface area (Å²) >= 11 is 0. The Kier molecular flexibility index (Phi) is 4.61. The molecule has 7 heteroatoms. The molecule has 1 aliphatic heterocycles. The molecule has 0 bridgehead atoms. The van der Waals surface area contributed by atoms with E-state index in [2.05, 4.69) is 0 Å². The number of rotatable bonds is 3. The van der Waals surface area contributed by atoms with Gasteiger partial charge >= 0.3 is 0 Å². The molecule has 0 amide bonds. The number of nitriles is 1. The third-order valence-corrected chi connectivity index (χ3v) is 5.77. The Morgan fingerprint density at radius 2 is 2.19 bits per heavy atom. The van der Waals surface area contributed by atoms with Crippen LogP contribution in [0.15, 0.2) is 23.1 Å². The van der Waals surface area contributed by atoms with Crippen molar-refractivity contribution in [1.29, 1.82) is 5.26 Å². The maximum absolute atomic E-state index is 13.6. The summed E-state index contributed by atoms with van der Waals surface area (Å²) in [6.45, 7) is 2.55. The van der Waals surface area contributed by atoms with Gasteiger partial charge in [0, 0.05) is 20.2 Å². The molecule has 0 aliphatic carbocycles. The smallest absolute Gasteiger partial charge is 0.244 e. The number of hydrogen-bond donors (Lipinski definition) is 0. The summed E-state index contributed by atoms with van der Waals surface area (Å²) in [5.74, 6) is -0.573. The lowest BCUT2D eigenvalue weighted by molar-refractivity contribution is 0.0183. The molecular formula is C14H17FN2O3S. The predicted octanol–water partition coefficient (Wildman–Crippen LogP) is 1.74. The molecule has 114 valence electrons. The molecule has 2 unspecified atom stereocenters. The number of ether oxygens (including phenoxy) is 1. The molecule has 0 spiro atoms. The van der Waals surface area contributed by atoms with Crippen LogP contribution in [0.5, 0.6) is 0 Å². The van der Waals surface area contributed by atoms with Crippen LogP contribution in [0.1, 0.15) is 18.9 Å². The number of benzene rings is 1. The van der Waals surface area contributed by atoms with E-state index < -0.39 is 21.4 Å². The Bertz CT molecular complexity index is 669. The number of piperidine rings is 1. The SMILES string of the molecule is COC1CN(S(=O)(=O)c2cccc(F)c2C#N)CCC1C. The second-order valence-electron chi connectivity index (χ2n) is 5.13. The summed E-state index contributed by atoms with van der Waals surface area (Å²) in [6, 6.07) is 5.26. The molecule has 2 atom stereocenters. The zero-order valence-corrected chi connectivity index (χ0v) is 12.7. The van der Waals surface area contributed by atoms with Crippen molar-refractivity contribution in [1.82, 2.24) is 4.31 Å². The third-order valence-electron chi connectivity index (χ3n) is 3.86. The molecule has 1 fully saturated rings. The van der Waals surface area contributed by atoms with E-state index in [9.17, 15) is 12.8 Å². The van der Waals surface area contributed by atoms with Crippen LogP contribution in [0.3, 0.4) is 0 Å². The molecule has 1 aliphatic rings. The summed E-state index contributed by atoms with van der Waals surface area (Å²) in [5, 5.41) is 9.00. The first-order chi connectivity index (χ1) is 9.91. The maximum Gasteiger partial charge on any atom is 0.244 e. The average Bonchev–Trinajstić information content (AvgIpc) is 2.47. The predicted molar refractivity (Wildman–Crippen MR) is 74.5 cm³/mol. The van der Waals surface area contributed by atoms with Crippen molar-refractivity contribution >= 4 is 10.0 Å². The number of nitrogens with zero attached hydrogens (tertiary/aromatic N) is 2. The fourth-order valence-corrected chi connectivity index (χ4v) is 4.12. The van der Waals surface area contributed by atoms with Crippen molar-refractivity contribution in [3.05, 3.63) is 29.6 Å². The molecule has 0 N–H and O–H groups in total. The lowest BCUT2D eigenvalue weighted by atomic mass is 9.97. The monoisotopic (exact) mass is 312 g/mol. The van der Waals surface area contributed by atoms with Crippen LogP contribution in [0, 0.1) is 23.1 Å². The highest BCUT2D eigenvalue weighted by atomic mass is 32.2. The van der Waals surface area contributed by atoms with E-state index in [1.807, 2.05) is 6.92 Å². The zero-order valence-electron chi connectivity index (χ0n) is 11.9. The van der Waals surface area contributed by atoms with Gasteiger partial charge in [-0.2, -0.15) is 9.57 Å². The Hall–Kier alpha value is -1.49. The van der Waals surface area contributed by atoms with Gasteiger partial charge in [-0.3, -0.25) is 0 Å². The van der Waals surface area contributed by atoms with E-state index in [0.29, 0.717) is 13.0 Å². The summed E-state index contributed by atoms with van der Waals surface area (Å²) in [6.07, 6.45) is 0.460. The molecule has 21 heavy (non-hydrogen) atoms. The molecule has 1 saturated heterocycles. The number of methoxy groups -OCH3 is 1. The van der Waals surface area contributed by atoms with Gasteiger partial charge in [0.15, 0.2) is 0 Å². The van der Waals surface area contributed by atoms with E-state index in [4.69, 9.17) is 10.00 Å². The topological polar surface area (TPSA) is 70.4 Å². The minimum absolute atomic E-state index is 0.201. The lowest BCUT2D eigenvalue weighted by Gasteiger charge is -2.35. The summed E-state index contributed by atoms with van der Waals surface area (Å²) in [7, 11) is -2.36. The Morgan fingerprint density at radius 3 is 2.81 bits per heavy atom. The summed E-state index contributed by atoms with van der Waals surface area (Å²) in [5.41, 5.74) is -0.440. The van der Waals surface area contributed by atoms with Crippen LogP contribution in [-0.2, 0) is 14.8 Å². The number of sulfonamides is 1. The van der Waals surface area contributed by atoms with Crippen LogP contribution >= 0.6 is 0 Å². The van der Waals surface area contributed by atoms with E-state index in [-0.39, 0.29) is 23.5 Å². The van der Waals surface area contributed by atoms with Crippen LogP contribution in [0.4, 0.5) is 4.39 Å². The van der Waals surface area contributed by atoms with Gasteiger partial charge in [-0.25, -0.2) is 12.8 Å². The van der Waals surface area contributed by atoms with Gasteiger partial charge in [-0.05, 0) is 24.5 Å². The molecule has 2 rings (SSSR count). The van der Waals surface area contributed by atoms with Gasteiger partial charge in [-0.15, -0.1) is 0 Å². The molecule has 5 nitrogen and oxygen atoms in total. The summed E-state index contributed by atoms with van der Waals surface area (Å²) < 4.78 is 45.5. The molecule has 0 aromatic heterocycles. The first-order valence-electron chi connectivity index (χ1n) is 6.63. The Labute approximate surface area is 124 Å². The highest BCUT2D eigenvalue weighted by Gasteiger charge is 2.35. The van der Waals surface area contributed by atoms with Gasteiger partial charge in [0.25, 0.3) is 0 Å². The van der Waals surface area contributed by atoms with E-state index in [1.54, 1.807) is 13.2 Å². The van der Waals surface area contributed by atoms with Crippen LogP contribution in [0.25, 0.3) is 0 Å². The Balaban J connectivity index is 2.40. The average molecular weight is 312 g/mol. The van der Waals surface area contributed by atoms with Crippen molar-refractivity contribution in [2.24, 2.45) is 5.92 Å². The Morgan fingerprint density at radius 1 is 1.48 bits per heavy atom. The highest BCUT2D eigenvalue weighted by Crippen LogP contribution is 2.27. The van der Waals surface area contributed by atoms with Crippen molar-refractivity contribution in [3.63, 3.8) is 0 Å². The maximum atomic E-state index is 13.6. The van der Waals surface area contributed by atoms with Crippen molar-refractivity contribution in [2.75, 3.05) is 20.2 Å². The van der Waals surface area contributed by atoms with Crippen molar-refractivity contribution < 1.29 is 17.5 Å². The number of halogens is 1. The second kappa shape index (κ2) is 6.10. The zero-order chi connectivity index (χ0) is 15.6. The molecule has 1 aromatic rings. The fourth-order valence-electron chi connectivity index (χ4n) is 2.50. The minimum atomic E-state index is -3.90. The molecule has 0 saturated carbocycles. The molecule has 1 heterocycles. The lowest BCUT2D eigenvalue weighted by Crippen LogP contribution is -2.46. The molecule has 0 radical (unpaired) electrons. The minimum Gasteiger partial charge on any atom is -0.380 e. The first kappa shape index (κ1) is 15.9. The third kappa shape index (κ3) is 2.93. The highest BCUT2D eigenvalue weighted by molar-refractivity contribution is 7.89. The van der Waals surface area contributed by atoms with Gasteiger partial charge in [0.1, 0.15) is 22.3 Å². The standard InChI is InChI=1S/C14H17FN2O3S/c1-10-6-7-17(9-13(10)20-2)21(18,19)14-5-3-4-12(15)11(14)8-16/h3-5,10,13H,6-7,9H2,1-2H3.